The fourth-order valence-electron chi connectivity index (χ4n) is 4.72. The van der Waals surface area contributed by atoms with E-state index in [0.717, 1.165) is 23.0 Å². The number of sulfone groups is 1. The molecule has 0 radical (unpaired) electrons. The normalized spacial score (nSPS) is 13.0. The number of rotatable bonds is 7. The van der Waals surface area contributed by atoms with Crippen LogP contribution in [0.1, 0.15) is 48.1 Å². The number of benzene rings is 3. The highest BCUT2D eigenvalue weighted by Gasteiger charge is 2.35. The van der Waals surface area contributed by atoms with Crippen molar-refractivity contribution in [1.29, 1.82) is 0 Å². The average Bonchev–Trinajstić information content (AvgIpc) is 3.60. The molecular formula is C30H28F3N5O2S. The number of imidazole rings is 1. The van der Waals surface area contributed by atoms with Crippen LogP contribution in [0.3, 0.4) is 0 Å². The van der Waals surface area contributed by atoms with Crippen LogP contribution in [0.4, 0.5) is 13.2 Å². The Labute approximate surface area is 236 Å². The number of hydrogen-bond acceptors (Lipinski definition) is 5. The van der Waals surface area contributed by atoms with Crippen LogP contribution in [0.5, 0.6) is 0 Å². The molecule has 1 unspecified atom stereocenters. The summed E-state index contributed by atoms with van der Waals surface area (Å²) >= 11 is 0. The first-order chi connectivity index (χ1) is 19.4. The van der Waals surface area contributed by atoms with Crippen LogP contribution in [0, 0.1) is 13.8 Å². The van der Waals surface area contributed by atoms with Crippen LogP contribution in [0.2, 0.25) is 0 Å². The van der Waals surface area contributed by atoms with Crippen molar-refractivity contribution >= 4 is 9.84 Å². The molecule has 0 spiro atoms. The standard InChI is InChI=1S/C30H28F3N5O2S/c1-5-41(39,40)25-8-6-7-23(15-25)24-13-14-26(37-18-29(30(31,32)33)35-21(37)4)27(16-24)38-28(17-34-36-38)20(3)22-11-9-19(2)10-12-22/h6-18,20H,5H2,1-4H3. The van der Waals surface area contributed by atoms with E-state index in [9.17, 15) is 21.6 Å². The van der Waals surface area contributed by atoms with E-state index in [1.807, 2.05) is 38.1 Å². The third-order valence-corrected chi connectivity index (χ3v) is 8.87. The van der Waals surface area contributed by atoms with E-state index in [1.54, 1.807) is 60.3 Å². The molecule has 11 heteroatoms. The van der Waals surface area contributed by atoms with Crippen LogP contribution in [0.25, 0.3) is 22.5 Å². The summed E-state index contributed by atoms with van der Waals surface area (Å²) < 4.78 is 68.7. The second-order valence-corrected chi connectivity index (χ2v) is 12.2. The minimum atomic E-state index is -4.61. The summed E-state index contributed by atoms with van der Waals surface area (Å²) in [5, 5.41) is 8.49. The topological polar surface area (TPSA) is 82.7 Å². The van der Waals surface area contributed by atoms with Gasteiger partial charge in [-0.1, -0.05) is 67.1 Å². The lowest BCUT2D eigenvalue weighted by molar-refractivity contribution is -0.141. The maximum absolute atomic E-state index is 13.6. The molecule has 5 aromatic rings. The molecule has 0 saturated carbocycles. The van der Waals surface area contributed by atoms with Crippen molar-refractivity contribution in [3.05, 3.63) is 107 Å². The largest absolute Gasteiger partial charge is 0.434 e. The zero-order valence-corrected chi connectivity index (χ0v) is 23.7. The van der Waals surface area contributed by atoms with Gasteiger partial charge in [0.05, 0.1) is 33.9 Å². The summed E-state index contributed by atoms with van der Waals surface area (Å²) in [6.45, 7) is 7.09. The van der Waals surface area contributed by atoms with E-state index in [1.165, 1.54) is 11.5 Å². The Morgan fingerprint density at radius 2 is 1.63 bits per heavy atom. The number of aromatic nitrogens is 5. The van der Waals surface area contributed by atoms with E-state index in [2.05, 4.69) is 15.3 Å². The van der Waals surface area contributed by atoms with Crippen molar-refractivity contribution in [2.45, 2.75) is 44.7 Å². The fourth-order valence-corrected chi connectivity index (χ4v) is 5.64. The summed E-state index contributed by atoms with van der Waals surface area (Å²) in [5.74, 6) is -0.0354. The second kappa shape index (κ2) is 10.6. The van der Waals surface area contributed by atoms with Crippen LogP contribution in [-0.4, -0.2) is 38.7 Å². The van der Waals surface area contributed by atoms with Gasteiger partial charge in [0.1, 0.15) is 5.82 Å². The molecule has 0 saturated heterocycles. The highest BCUT2D eigenvalue weighted by Crippen LogP contribution is 2.34. The minimum absolute atomic E-state index is 0.0404. The van der Waals surface area contributed by atoms with Gasteiger partial charge in [0, 0.05) is 12.1 Å². The molecule has 0 aliphatic heterocycles. The quantitative estimate of drug-likeness (QED) is 0.214. The molecule has 0 amide bonds. The van der Waals surface area contributed by atoms with Gasteiger partial charge in [-0.15, -0.1) is 5.10 Å². The van der Waals surface area contributed by atoms with Gasteiger partial charge < -0.3 is 4.57 Å². The molecule has 212 valence electrons. The van der Waals surface area contributed by atoms with Crippen molar-refractivity contribution in [3.8, 4) is 22.5 Å². The first kappa shape index (κ1) is 28.3. The van der Waals surface area contributed by atoms with E-state index >= 15 is 0 Å². The van der Waals surface area contributed by atoms with Gasteiger partial charge in [-0.05, 0) is 54.8 Å². The van der Waals surface area contributed by atoms with Crippen molar-refractivity contribution in [1.82, 2.24) is 24.5 Å². The molecule has 41 heavy (non-hydrogen) atoms. The molecule has 0 aliphatic rings. The highest BCUT2D eigenvalue weighted by atomic mass is 32.2. The number of hydrogen-bond donors (Lipinski definition) is 0. The molecule has 3 aromatic carbocycles. The van der Waals surface area contributed by atoms with Crippen molar-refractivity contribution in [2.75, 3.05) is 5.75 Å². The van der Waals surface area contributed by atoms with Gasteiger partial charge >= 0.3 is 6.18 Å². The Bertz CT molecular complexity index is 1820. The molecular weight excluding hydrogens is 551 g/mol. The zero-order valence-electron chi connectivity index (χ0n) is 22.9. The number of nitrogens with zero attached hydrogens (tertiary/aromatic N) is 5. The van der Waals surface area contributed by atoms with Crippen molar-refractivity contribution < 1.29 is 21.6 Å². The molecule has 0 aliphatic carbocycles. The van der Waals surface area contributed by atoms with Gasteiger partial charge in [0.25, 0.3) is 0 Å². The number of alkyl halides is 3. The summed E-state index contributed by atoms with van der Waals surface area (Å²) in [7, 11) is -3.45. The Kier molecular flexibility index (Phi) is 7.33. The summed E-state index contributed by atoms with van der Waals surface area (Å²) in [6.07, 6.45) is -2.01. The van der Waals surface area contributed by atoms with Crippen molar-refractivity contribution in [2.24, 2.45) is 0 Å². The molecule has 1 atom stereocenters. The Balaban J connectivity index is 1.71. The van der Waals surface area contributed by atoms with Crippen LogP contribution >= 0.6 is 0 Å². The Morgan fingerprint density at radius 1 is 0.927 bits per heavy atom. The van der Waals surface area contributed by atoms with E-state index < -0.39 is 21.7 Å². The van der Waals surface area contributed by atoms with Gasteiger partial charge in [-0.25, -0.2) is 18.1 Å². The first-order valence-electron chi connectivity index (χ1n) is 13.0. The smallest absolute Gasteiger partial charge is 0.301 e. The lowest BCUT2D eigenvalue weighted by Gasteiger charge is -2.18. The molecule has 2 heterocycles. The fraction of sp³-hybridized carbons (Fsp3) is 0.233. The maximum atomic E-state index is 13.6. The predicted molar refractivity (Wildman–Crippen MR) is 150 cm³/mol. The van der Waals surface area contributed by atoms with Gasteiger partial charge in [-0.3, -0.25) is 0 Å². The Hall–Kier alpha value is -4.25. The van der Waals surface area contributed by atoms with Gasteiger partial charge in [-0.2, -0.15) is 13.2 Å². The van der Waals surface area contributed by atoms with E-state index in [4.69, 9.17) is 0 Å². The lowest BCUT2D eigenvalue weighted by atomic mass is 9.97. The van der Waals surface area contributed by atoms with E-state index in [-0.39, 0.29) is 22.4 Å². The molecule has 7 nitrogen and oxygen atoms in total. The molecule has 2 aromatic heterocycles. The maximum Gasteiger partial charge on any atom is 0.434 e. The molecule has 0 bridgehead atoms. The first-order valence-corrected chi connectivity index (χ1v) is 14.6. The van der Waals surface area contributed by atoms with Crippen LogP contribution in [0.15, 0.2) is 84.0 Å². The average molecular weight is 580 g/mol. The predicted octanol–water partition coefficient (Wildman–Crippen LogP) is 6.70. The Morgan fingerprint density at radius 3 is 2.29 bits per heavy atom. The zero-order chi connectivity index (χ0) is 29.5. The van der Waals surface area contributed by atoms with Crippen LogP contribution < -0.4 is 0 Å². The third-order valence-electron chi connectivity index (χ3n) is 7.14. The highest BCUT2D eigenvalue weighted by molar-refractivity contribution is 7.91. The summed E-state index contributed by atoms with van der Waals surface area (Å²) in [5.41, 5.74) is 4.03. The minimum Gasteiger partial charge on any atom is -0.301 e. The van der Waals surface area contributed by atoms with Crippen LogP contribution in [-0.2, 0) is 16.0 Å². The number of aryl methyl sites for hydroxylation is 2. The third kappa shape index (κ3) is 5.54. The monoisotopic (exact) mass is 579 g/mol. The van der Waals surface area contributed by atoms with Gasteiger partial charge in [0.15, 0.2) is 15.5 Å². The van der Waals surface area contributed by atoms with Gasteiger partial charge in [0.2, 0.25) is 0 Å². The summed E-state index contributed by atoms with van der Waals surface area (Å²) in [6, 6.07) is 19.9. The van der Waals surface area contributed by atoms with Crippen molar-refractivity contribution in [3.63, 3.8) is 0 Å². The molecule has 0 fully saturated rings. The second-order valence-electron chi connectivity index (χ2n) is 9.88. The van der Waals surface area contributed by atoms with E-state index in [0.29, 0.717) is 22.5 Å². The summed E-state index contributed by atoms with van der Waals surface area (Å²) in [4.78, 5) is 3.94. The lowest BCUT2D eigenvalue weighted by Crippen LogP contribution is -2.11. The molecule has 0 N–H and O–H groups in total. The number of halogens is 3. The SMILES string of the molecule is CCS(=O)(=O)c1cccc(-c2ccc(-n3cc(C(F)(F)F)nc3C)c(-n3nncc3C(C)c3ccc(C)cc3)c2)c1. The molecule has 5 rings (SSSR count).